The number of carbonyl (C=O) groups excluding carboxylic acids is 1. The van der Waals surface area contributed by atoms with Crippen LogP contribution in [0.5, 0.6) is 0 Å². The predicted molar refractivity (Wildman–Crippen MR) is 63.7 cm³/mol. The van der Waals surface area contributed by atoms with E-state index in [0.29, 0.717) is 23.8 Å². The van der Waals surface area contributed by atoms with Crippen LogP contribution in [-0.4, -0.2) is 31.2 Å². The first-order chi connectivity index (χ1) is 7.57. The third kappa shape index (κ3) is 3.24. The van der Waals surface area contributed by atoms with Crippen molar-refractivity contribution < 1.29 is 14.3 Å². The third-order valence-electron chi connectivity index (χ3n) is 2.31. The Balaban J connectivity index is 2.62. The molecule has 1 saturated heterocycles. The summed E-state index contributed by atoms with van der Waals surface area (Å²) in [6.45, 7) is 6.23. The molecule has 0 aromatic heterocycles. The van der Waals surface area contributed by atoms with Crippen LogP contribution in [0.4, 0.5) is 0 Å². The number of halogens is 2. The molecule has 0 aromatic carbocycles. The van der Waals surface area contributed by atoms with Crippen molar-refractivity contribution >= 4 is 29.2 Å². The number of hydrogen-bond acceptors (Lipinski definition) is 3. The smallest absolute Gasteiger partial charge is 0.335 e. The molecule has 90 valence electrons. The molecule has 0 amide bonds. The first-order valence-electron chi connectivity index (χ1n) is 4.94. The largest absolute Gasteiger partial charge is 0.462 e. The summed E-state index contributed by atoms with van der Waals surface area (Å²) in [5.41, 5.74) is 0.462. The zero-order valence-corrected chi connectivity index (χ0v) is 10.6. The van der Waals surface area contributed by atoms with Crippen LogP contribution in [-0.2, 0) is 14.3 Å². The van der Waals surface area contributed by atoms with Crippen LogP contribution >= 0.6 is 23.2 Å². The van der Waals surface area contributed by atoms with Crippen molar-refractivity contribution in [1.29, 1.82) is 0 Å². The number of esters is 1. The van der Waals surface area contributed by atoms with Crippen molar-refractivity contribution in [3.63, 3.8) is 0 Å². The van der Waals surface area contributed by atoms with Gasteiger partial charge < -0.3 is 9.47 Å². The van der Waals surface area contributed by atoms with E-state index in [1.807, 2.05) is 0 Å². The number of allylic oxidation sites excluding steroid dienone is 1. The van der Waals surface area contributed by atoms with Gasteiger partial charge in [-0.15, -0.1) is 18.2 Å². The summed E-state index contributed by atoms with van der Waals surface area (Å²) in [5, 5.41) is 0.108. The quantitative estimate of drug-likeness (QED) is 0.252. The minimum absolute atomic E-state index is 0.198. The molecule has 1 rings (SSSR count). The Labute approximate surface area is 105 Å². The number of rotatable bonds is 5. The average Bonchev–Trinajstić information content (AvgIpc) is 2.60. The summed E-state index contributed by atoms with van der Waals surface area (Å²) in [5.74, 6) is -0.580. The Morgan fingerprint density at radius 1 is 1.81 bits per heavy atom. The minimum atomic E-state index is -0.383. The maximum Gasteiger partial charge on any atom is 0.335 e. The predicted octanol–water partition coefficient (Wildman–Crippen LogP) is 2.48. The number of hydrogen-bond donors (Lipinski definition) is 0. The normalized spacial score (nSPS) is 25.2. The van der Waals surface area contributed by atoms with Crippen molar-refractivity contribution in [2.24, 2.45) is 5.92 Å². The highest BCUT2D eigenvalue weighted by molar-refractivity contribution is 6.31. The van der Waals surface area contributed by atoms with Gasteiger partial charge in [-0.2, -0.15) is 0 Å². The van der Waals surface area contributed by atoms with Crippen LogP contribution < -0.4 is 0 Å². The van der Waals surface area contributed by atoms with Gasteiger partial charge in [-0.3, -0.25) is 0 Å². The number of cyclic esters (lactones) is 1. The molecular weight excluding hydrogens is 251 g/mol. The van der Waals surface area contributed by atoms with E-state index < -0.39 is 0 Å². The molecule has 0 N–H and O–H groups in total. The van der Waals surface area contributed by atoms with Gasteiger partial charge in [0.25, 0.3) is 0 Å². The zero-order valence-electron chi connectivity index (χ0n) is 9.04. The number of alkyl halides is 1. The van der Waals surface area contributed by atoms with E-state index in [1.165, 1.54) is 0 Å². The van der Waals surface area contributed by atoms with Crippen molar-refractivity contribution in [2.75, 3.05) is 19.8 Å². The number of carbonyl (C=O) groups is 1. The Bertz CT molecular complexity index is 308. The van der Waals surface area contributed by atoms with E-state index in [2.05, 4.69) is 6.58 Å². The molecule has 0 aromatic rings. The minimum Gasteiger partial charge on any atom is -0.462 e. The van der Waals surface area contributed by atoms with Crippen LogP contribution in [0.25, 0.3) is 0 Å². The molecule has 1 aliphatic heterocycles. The van der Waals surface area contributed by atoms with E-state index in [-0.39, 0.29) is 23.9 Å². The summed E-state index contributed by atoms with van der Waals surface area (Å²) in [6, 6.07) is 0. The van der Waals surface area contributed by atoms with Gasteiger partial charge in [0.05, 0.1) is 24.2 Å². The fourth-order valence-electron chi connectivity index (χ4n) is 1.54. The van der Waals surface area contributed by atoms with Crippen molar-refractivity contribution in [3.8, 4) is 0 Å². The van der Waals surface area contributed by atoms with Gasteiger partial charge in [0.2, 0.25) is 0 Å². The number of ether oxygens (including phenoxy) is 2. The summed E-state index contributed by atoms with van der Waals surface area (Å²) >= 11 is 12.0. The second-order valence-electron chi connectivity index (χ2n) is 3.49. The van der Waals surface area contributed by atoms with E-state index in [9.17, 15) is 4.79 Å². The lowest BCUT2D eigenvalue weighted by molar-refractivity contribution is -0.135. The maximum absolute atomic E-state index is 11.4. The SMILES string of the molecule is C=CCOCC(Cl)C1COC(=O)/C1=C(/C)Cl. The molecule has 3 nitrogen and oxygen atoms in total. The monoisotopic (exact) mass is 264 g/mol. The molecule has 0 saturated carbocycles. The lowest BCUT2D eigenvalue weighted by Gasteiger charge is -2.15. The lowest BCUT2D eigenvalue weighted by atomic mass is 9.98. The Hall–Kier alpha value is -0.510. The van der Waals surface area contributed by atoms with Crippen molar-refractivity contribution in [1.82, 2.24) is 0 Å². The highest BCUT2D eigenvalue weighted by atomic mass is 35.5. The molecule has 1 heterocycles. The highest BCUT2D eigenvalue weighted by Gasteiger charge is 2.37. The molecule has 1 aliphatic rings. The molecule has 5 heteroatoms. The second kappa shape index (κ2) is 6.28. The summed E-state index contributed by atoms with van der Waals surface area (Å²) < 4.78 is 10.2. The van der Waals surface area contributed by atoms with Gasteiger partial charge in [-0.25, -0.2) is 4.79 Å². The molecule has 16 heavy (non-hydrogen) atoms. The topological polar surface area (TPSA) is 35.5 Å². The van der Waals surface area contributed by atoms with E-state index >= 15 is 0 Å². The maximum atomic E-state index is 11.4. The summed E-state index contributed by atoms with van der Waals surface area (Å²) in [6.07, 6.45) is 1.64. The molecule has 0 aliphatic carbocycles. The van der Waals surface area contributed by atoms with Gasteiger partial charge in [0, 0.05) is 11.0 Å². The van der Waals surface area contributed by atoms with Gasteiger partial charge in [0.15, 0.2) is 0 Å². The standard InChI is InChI=1S/C11H14Cl2O3/c1-3-4-15-6-9(13)8-5-16-11(14)10(8)7(2)12/h3,8-9H,1,4-6H2,2H3/b10-7-. The fraction of sp³-hybridized carbons (Fsp3) is 0.545. The van der Waals surface area contributed by atoms with Crippen LogP contribution in [0.2, 0.25) is 0 Å². The van der Waals surface area contributed by atoms with E-state index in [1.54, 1.807) is 13.0 Å². The van der Waals surface area contributed by atoms with Crippen LogP contribution in [0.3, 0.4) is 0 Å². The first kappa shape index (κ1) is 13.6. The highest BCUT2D eigenvalue weighted by Crippen LogP contribution is 2.31. The summed E-state index contributed by atoms with van der Waals surface area (Å²) in [4.78, 5) is 11.4. The molecule has 0 spiro atoms. The van der Waals surface area contributed by atoms with Gasteiger partial charge in [0.1, 0.15) is 6.61 Å². The fourth-order valence-corrected chi connectivity index (χ4v) is 2.04. The average molecular weight is 265 g/mol. The molecular formula is C11H14Cl2O3. The van der Waals surface area contributed by atoms with Crippen LogP contribution in [0.15, 0.2) is 23.3 Å². The molecule has 0 bridgehead atoms. The molecule has 2 atom stereocenters. The summed E-state index contributed by atoms with van der Waals surface area (Å²) in [7, 11) is 0. The molecule has 2 unspecified atom stereocenters. The molecule has 0 radical (unpaired) electrons. The van der Waals surface area contributed by atoms with Crippen LogP contribution in [0, 0.1) is 5.92 Å². The van der Waals surface area contributed by atoms with Crippen LogP contribution in [0.1, 0.15) is 6.92 Å². The van der Waals surface area contributed by atoms with Gasteiger partial charge in [-0.1, -0.05) is 17.7 Å². The Morgan fingerprint density at radius 2 is 2.50 bits per heavy atom. The van der Waals surface area contributed by atoms with E-state index in [0.717, 1.165) is 0 Å². The zero-order chi connectivity index (χ0) is 12.1. The first-order valence-corrected chi connectivity index (χ1v) is 5.75. The second-order valence-corrected chi connectivity index (χ2v) is 4.62. The third-order valence-corrected chi connectivity index (χ3v) is 2.94. The lowest BCUT2D eigenvalue weighted by Crippen LogP contribution is -2.23. The van der Waals surface area contributed by atoms with Crippen molar-refractivity contribution in [3.05, 3.63) is 23.3 Å². The van der Waals surface area contributed by atoms with Gasteiger partial charge >= 0.3 is 5.97 Å². The van der Waals surface area contributed by atoms with E-state index in [4.69, 9.17) is 32.7 Å². The molecule has 1 fully saturated rings. The van der Waals surface area contributed by atoms with Crippen molar-refractivity contribution in [2.45, 2.75) is 12.3 Å². The Morgan fingerprint density at radius 3 is 3.06 bits per heavy atom. The van der Waals surface area contributed by atoms with Gasteiger partial charge in [-0.05, 0) is 6.92 Å². The Kier molecular flexibility index (Phi) is 5.32.